The van der Waals surface area contributed by atoms with Crippen molar-refractivity contribution in [2.24, 2.45) is 5.73 Å². The first-order chi connectivity index (χ1) is 15.2. The number of thiazole rings is 1. The van der Waals surface area contributed by atoms with Gasteiger partial charge < -0.3 is 30.9 Å². The predicted molar refractivity (Wildman–Crippen MR) is 123 cm³/mol. The second-order valence-corrected chi connectivity index (χ2v) is 9.79. The van der Waals surface area contributed by atoms with Crippen LogP contribution in [0.3, 0.4) is 0 Å². The number of aromatic nitrogens is 1. The van der Waals surface area contributed by atoms with Crippen LogP contribution >= 0.6 is 11.3 Å². The van der Waals surface area contributed by atoms with Crippen molar-refractivity contribution in [3.8, 4) is 11.3 Å². The molecule has 4 N–H and O–H groups in total. The summed E-state index contributed by atoms with van der Waals surface area (Å²) in [6.07, 6.45) is 1.05. The highest BCUT2D eigenvalue weighted by atomic mass is 32.1. The van der Waals surface area contributed by atoms with Gasteiger partial charge in [-0.3, -0.25) is 9.59 Å². The van der Waals surface area contributed by atoms with E-state index in [-0.39, 0.29) is 10.6 Å². The van der Waals surface area contributed by atoms with Crippen LogP contribution in [0.15, 0.2) is 29.6 Å². The summed E-state index contributed by atoms with van der Waals surface area (Å²) >= 11 is 1.54. The Bertz CT molecular complexity index is 972. The van der Waals surface area contributed by atoms with Gasteiger partial charge in [-0.25, -0.2) is 4.98 Å². The maximum atomic E-state index is 12.8. The number of aliphatic hydroxyl groups excluding tert-OH is 1. The molecule has 172 valence electrons. The zero-order valence-electron chi connectivity index (χ0n) is 18.1. The van der Waals surface area contributed by atoms with Crippen LogP contribution in [0.2, 0.25) is 0 Å². The molecule has 2 fully saturated rings. The lowest BCUT2D eigenvalue weighted by Gasteiger charge is -2.45. The van der Waals surface area contributed by atoms with E-state index in [1.54, 1.807) is 30.5 Å². The molecule has 4 rings (SSSR count). The summed E-state index contributed by atoms with van der Waals surface area (Å²) in [7, 11) is 1.70. The number of quaternary nitrogens is 1. The van der Waals surface area contributed by atoms with Gasteiger partial charge in [0.25, 0.3) is 5.91 Å². The number of carbonyl (C=O) groups is 2. The first kappa shape index (κ1) is 22.7. The summed E-state index contributed by atoms with van der Waals surface area (Å²) in [5.74, 6) is -0.934. The number of aliphatic hydroxyl groups is 1. The number of primary amides is 1. The second kappa shape index (κ2) is 8.78. The molecule has 1 aliphatic carbocycles. The van der Waals surface area contributed by atoms with Gasteiger partial charge in [-0.1, -0.05) is 12.1 Å². The number of nitrogens with one attached hydrogen (secondary N) is 1. The topological polar surface area (TPSA) is 132 Å². The van der Waals surface area contributed by atoms with Gasteiger partial charge in [0.05, 0.1) is 45.0 Å². The summed E-state index contributed by atoms with van der Waals surface area (Å²) in [6, 6.07) is 7.07. The monoisotopic (exact) mass is 459 g/mol. The van der Waals surface area contributed by atoms with Gasteiger partial charge in [-0.2, -0.15) is 0 Å². The standard InChI is InChI=1S/C22H29N5O4S/c1-27(31)12-10-26(11-13-27)21-24-18(14-32-21)15-2-4-16(5-3-15)19(29)25-22(20(23)30)8-6-17(28)7-9-22/h2-5,14,17,28H,6-13H2,1H3,(H2,23,30)(H,25,29). The average Bonchev–Trinajstić information content (AvgIpc) is 3.25. The maximum absolute atomic E-state index is 12.8. The summed E-state index contributed by atoms with van der Waals surface area (Å²) in [4.78, 5) is 31.7. The fraction of sp³-hybridized carbons (Fsp3) is 0.500. The predicted octanol–water partition coefficient (Wildman–Crippen LogP) is 1.46. The Hall–Kier alpha value is -2.53. The SMILES string of the molecule is C[N+]1([O-])CCN(c2nc(-c3ccc(C(=O)NC4(C(N)=O)CCC(O)CC4)cc3)cs2)CC1. The molecule has 2 amide bonds. The van der Waals surface area contributed by atoms with Gasteiger partial charge in [0, 0.05) is 16.5 Å². The molecule has 0 spiro atoms. The summed E-state index contributed by atoms with van der Waals surface area (Å²) in [6.45, 7) is 2.46. The molecule has 1 saturated carbocycles. The molecular weight excluding hydrogens is 430 g/mol. The van der Waals surface area contributed by atoms with Crippen molar-refractivity contribution in [3.05, 3.63) is 40.4 Å². The minimum absolute atomic E-state index is 0.212. The zero-order valence-corrected chi connectivity index (χ0v) is 18.9. The third-order valence-electron chi connectivity index (χ3n) is 6.52. The molecule has 2 aliphatic rings. The summed E-state index contributed by atoms with van der Waals surface area (Å²) in [5.41, 5.74) is 6.60. The number of amides is 2. The van der Waals surface area contributed by atoms with Crippen molar-refractivity contribution in [1.29, 1.82) is 0 Å². The number of hydroxylamine groups is 3. The van der Waals surface area contributed by atoms with Crippen molar-refractivity contribution in [2.45, 2.75) is 37.3 Å². The Morgan fingerprint density at radius 2 is 1.88 bits per heavy atom. The van der Waals surface area contributed by atoms with E-state index in [0.29, 0.717) is 57.4 Å². The highest BCUT2D eigenvalue weighted by molar-refractivity contribution is 7.14. The van der Waals surface area contributed by atoms with Gasteiger partial charge >= 0.3 is 0 Å². The van der Waals surface area contributed by atoms with E-state index in [2.05, 4.69) is 10.2 Å². The van der Waals surface area contributed by atoms with Crippen LogP contribution in [-0.4, -0.2) is 71.4 Å². The number of nitrogens with two attached hydrogens (primary N) is 1. The number of rotatable bonds is 5. The normalized spacial score (nSPS) is 25.3. The Labute approximate surface area is 191 Å². The zero-order chi connectivity index (χ0) is 22.9. The first-order valence-corrected chi connectivity index (χ1v) is 11.7. The summed E-state index contributed by atoms with van der Waals surface area (Å²) < 4.78 is -0.212. The molecule has 1 saturated heterocycles. The molecular formula is C22H29N5O4S. The molecule has 0 atom stereocenters. The van der Waals surface area contributed by atoms with Gasteiger partial charge in [-0.05, 0) is 37.8 Å². The number of carbonyl (C=O) groups excluding carboxylic acids is 2. The molecule has 10 heteroatoms. The lowest BCUT2D eigenvalue weighted by atomic mass is 9.79. The largest absolute Gasteiger partial charge is 0.633 e. The number of hydrogen-bond acceptors (Lipinski definition) is 7. The van der Waals surface area contributed by atoms with Gasteiger partial charge in [0.1, 0.15) is 5.54 Å². The number of benzene rings is 1. The molecule has 9 nitrogen and oxygen atoms in total. The van der Waals surface area contributed by atoms with Gasteiger partial charge in [-0.15, -0.1) is 11.3 Å². The smallest absolute Gasteiger partial charge is 0.252 e. The van der Waals surface area contributed by atoms with Crippen LogP contribution < -0.4 is 16.0 Å². The molecule has 0 radical (unpaired) electrons. The third kappa shape index (κ3) is 4.78. The van der Waals surface area contributed by atoms with Crippen LogP contribution in [0, 0.1) is 5.21 Å². The molecule has 2 aromatic rings. The van der Waals surface area contributed by atoms with Crippen LogP contribution in [0.25, 0.3) is 11.3 Å². The molecule has 1 aromatic carbocycles. The lowest BCUT2D eigenvalue weighted by Crippen LogP contribution is -2.59. The quantitative estimate of drug-likeness (QED) is 0.458. The van der Waals surface area contributed by atoms with Crippen LogP contribution in [0.5, 0.6) is 0 Å². The van der Waals surface area contributed by atoms with E-state index < -0.39 is 17.6 Å². The average molecular weight is 460 g/mol. The van der Waals surface area contributed by atoms with E-state index in [1.165, 1.54) is 0 Å². The third-order valence-corrected chi connectivity index (χ3v) is 7.43. The first-order valence-electron chi connectivity index (χ1n) is 10.8. The van der Waals surface area contributed by atoms with Gasteiger partial charge in [0.15, 0.2) is 5.13 Å². The fourth-order valence-corrected chi connectivity index (χ4v) is 5.12. The van der Waals surface area contributed by atoms with Crippen molar-refractivity contribution in [3.63, 3.8) is 0 Å². The molecule has 0 unspecified atom stereocenters. The minimum Gasteiger partial charge on any atom is -0.633 e. The van der Waals surface area contributed by atoms with Crippen molar-refractivity contribution in [2.75, 3.05) is 38.1 Å². The number of hydrogen-bond donors (Lipinski definition) is 3. The maximum Gasteiger partial charge on any atom is 0.252 e. The molecule has 0 bridgehead atoms. The highest BCUT2D eigenvalue weighted by Crippen LogP contribution is 2.30. The molecule has 2 heterocycles. The van der Waals surface area contributed by atoms with E-state index >= 15 is 0 Å². The number of nitrogens with zero attached hydrogens (tertiary/aromatic N) is 3. The Morgan fingerprint density at radius 1 is 1.25 bits per heavy atom. The second-order valence-electron chi connectivity index (χ2n) is 8.96. The van der Waals surface area contributed by atoms with Crippen LogP contribution in [0.4, 0.5) is 5.13 Å². The molecule has 1 aliphatic heterocycles. The Kier molecular flexibility index (Phi) is 6.22. The minimum atomic E-state index is -1.12. The van der Waals surface area contributed by atoms with E-state index in [1.807, 2.05) is 17.5 Å². The van der Waals surface area contributed by atoms with E-state index in [0.717, 1.165) is 16.4 Å². The fourth-order valence-electron chi connectivity index (χ4n) is 4.23. The highest BCUT2D eigenvalue weighted by Gasteiger charge is 2.41. The molecule has 32 heavy (non-hydrogen) atoms. The van der Waals surface area contributed by atoms with Crippen molar-refractivity contribution >= 4 is 28.3 Å². The lowest BCUT2D eigenvalue weighted by molar-refractivity contribution is -0.861. The van der Waals surface area contributed by atoms with Crippen molar-refractivity contribution < 1.29 is 19.3 Å². The molecule has 1 aromatic heterocycles. The number of piperazine rings is 1. The Morgan fingerprint density at radius 3 is 2.47 bits per heavy atom. The van der Waals surface area contributed by atoms with Gasteiger partial charge in [0.2, 0.25) is 5.91 Å². The van der Waals surface area contributed by atoms with E-state index in [4.69, 9.17) is 10.7 Å². The van der Waals surface area contributed by atoms with Crippen molar-refractivity contribution in [1.82, 2.24) is 10.3 Å². The van der Waals surface area contributed by atoms with E-state index in [9.17, 15) is 19.9 Å². The van der Waals surface area contributed by atoms with Crippen LogP contribution in [-0.2, 0) is 4.79 Å². The number of likely N-dealkylation sites (N-methyl/N-ethyl adjacent to an activating group) is 1. The summed E-state index contributed by atoms with van der Waals surface area (Å²) in [5, 5.41) is 27.4. The number of anilines is 1. The van der Waals surface area contributed by atoms with Crippen LogP contribution in [0.1, 0.15) is 36.0 Å². The Balaban J connectivity index is 1.43.